The van der Waals surface area contributed by atoms with Gasteiger partial charge in [0.25, 0.3) is 11.8 Å². The van der Waals surface area contributed by atoms with Gasteiger partial charge in [-0.25, -0.2) is 5.48 Å². The molecule has 2 amide bonds. The standard InChI is InChI=1S/C19H22N4O4/c20-14-17(19(25)22-26)21-18(24)8-7-16-5-3-15(4-6-16)2-1-9-23-10-12-27-13-11-23/h3-6,17,26H,9-14,20H2,(H,21,24)(H,22,25)/t17-/m0/s1. The van der Waals surface area contributed by atoms with E-state index < -0.39 is 17.9 Å². The number of hydrogen-bond donors (Lipinski definition) is 4. The van der Waals surface area contributed by atoms with Gasteiger partial charge in [0, 0.05) is 36.7 Å². The lowest BCUT2D eigenvalue weighted by atomic mass is 10.1. The number of hydrogen-bond acceptors (Lipinski definition) is 6. The molecule has 0 unspecified atom stereocenters. The summed E-state index contributed by atoms with van der Waals surface area (Å²) in [6, 6.07) is 6.15. The molecule has 27 heavy (non-hydrogen) atoms. The van der Waals surface area contributed by atoms with E-state index in [2.05, 4.69) is 33.9 Å². The van der Waals surface area contributed by atoms with Crippen LogP contribution in [0.15, 0.2) is 24.3 Å². The van der Waals surface area contributed by atoms with Crippen LogP contribution in [0.3, 0.4) is 0 Å². The normalized spacial score (nSPS) is 14.7. The molecule has 0 bridgehead atoms. The summed E-state index contributed by atoms with van der Waals surface area (Å²) in [7, 11) is 0. The van der Waals surface area contributed by atoms with Gasteiger partial charge >= 0.3 is 0 Å². The molecule has 1 fully saturated rings. The van der Waals surface area contributed by atoms with Gasteiger partial charge in [0.1, 0.15) is 6.04 Å². The molecule has 1 aliphatic rings. The molecule has 1 heterocycles. The molecule has 1 aliphatic heterocycles. The number of nitrogens with two attached hydrogens (primary N) is 1. The number of ether oxygens (including phenoxy) is 1. The van der Waals surface area contributed by atoms with E-state index in [9.17, 15) is 9.59 Å². The highest BCUT2D eigenvalue weighted by Crippen LogP contribution is 2.02. The van der Waals surface area contributed by atoms with Gasteiger partial charge in [-0.2, -0.15) is 0 Å². The molecule has 2 rings (SSSR count). The van der Waals surface area contributed by atoms with E-state index in [-0.39, 0.29) is 6.54 Å². The van der Waals surface area contributed by atoms with Gasteiger partial charge in [-0.1, -0.05) is 17.8 Å². The average Bonchev–Trinajstić information content (AvgIpc) is 2.71. The largest absolute Gasteiger partial charge is 0.379 e. The van der Waals surface area contributed by atoms with Crippen LogP contribution in [0.1, 0.15) is 11.1 Å². The lowest BCUT2D eigenvalue weighted by Crippen LogP contribution is -2.49. The Morgan fingerprint density at radius 1 is 1.19 bits per heavy atom. The van der Waals surface area contributed by atoms with Crippen molar-refractivity contribution in [2.75, 3.05) is 39.4 Å². The van der Waals surface area contributed by atoms with Crippen molar-refractivity contribution in [1.29, 1.82) is 0 Å². The van der Waals surface area contributed by atoms with Gasteiger partial charge in [0.15, 0.2) is 0 Å². The Hall–Kier alpha value is -2.88. The van der Waals surface area contributed by atoms with Crippen molar-refractivity contribution in [2.24, 2.45) is 5.73 Å². The zero-order valence-electron chi connectivity index (χ0n) is 14.8. The number of benzene rings is 1. The van der Waals surface area contributed by atoms with Crippen molar-refractivity contribution in [2.45, 2.75) is 6.04 Å². The number of morpholine rings is 1. The van der Waals surface area contributed by atoms with E-state index in [4.69, 9.17) is 15.7 Å². The first-order valence-electron chi connectivity index (χ1n) is 8.48. The summed E-state index contributed by atoms with van der Waals surface area (Å²) in [6.07, 6.45) is 0. The summed E-state index contributed by atoms with van der Waals surface area (Å²) in [5.74, 6) is 9.84. The summed E-state index contributed by atoms with van der Waals surface area (Å²) in [5, 5.41) is 10.9. The van der Waals surface area contributed by atoms with Crippen molar-refractivity contribution in [3.63, 3.8) is 0 Å². The minimum absolute atomic E-state index is 0.155. The maximum Gasteiger partial charge on any atom is 0.296 e. The van der Waals surface area contributed by atoms with Crippen molar-refractivity contribution in [3.05, 3.63) is 35.4 Å². The quantitative estimate of drug-likeness (QED) is 0.296. The molecule has 1 aromatic rings. The maximum atomic E-state index is 11.7. The second-order valence-corrected chi connectivity index (χ2v) is 5.76. The second-order valence-electron chi connectivity index (χ2n) is 5.76. The summed E-state index contributed by atoms with van der Waals surface area (Å²) in [5.41, 5.74) is 8.29. The van der Waals surface area contributed by atoms with Crippen molar-refractivity contribution in [3.8, 4) is 23.7 Å². The highest BCUT2D eigenvalue weighted by Gasteiger charge is 2.17. The molecule has 0 aromatic heterocycles. The third-order valence-corrected chi connectivity index (χ3v) is 3.81. The van der Waals surface area contributed by atoms with Gasteiger partial charge < -0.3 is 15.8 Å². The van der Waals surface area contributed by atoms with Crippen molar-refractivity contribution in [1.82, 2.24) is 15.7 Å². The second kappa shape index (κ2) is 11.0. The van der Waals surface area contributed by atoms with E-state index in [1.807, 2.05) is 12.1 Å². The lowest BCUT2D eigenvalue weighted by molar-refractivity contribution is -0.133. The Balaban J connectivity index is 1.87. The Bertz CT molecular complexity index is 765. The minimum atomic E-state index is -1.04. The molecule has 1 saturated heterocycles. The van der Waals surface area contributed by atoms with Crippen LogP contribution in [0.2, 0.25) is 0 Å². The first-order chi connectivity index (χ1) is 13.1. The van der Waals surface area contributed by atoms with E-state index in [1.54, 1.807) is 12.1 Å². The Labute approximate surface area is 158 Å². The summed E-state index contributed by atoms with van der Waals surface area (Å²) < 4.78 is 5.29. The van der Waals surface area contributed by atoms with Crippen LogP contribution in [0.4, 0.5) is 0 Å². The highest BCUT2D eigenvalue weighted by molar-refractivity contribution is 5.97. The predicted octanol–water partition coefficient (Wildman–Crippen LogP) is -1.33. The van der Waals surface area contributed by atoms with Crippen LogP contribution in [0, 0.1) is 23.7 Å². The Morgan fingerprint density at radius 3 is 2.41 bits per heavy atom. The fourth-order valence-electron chi connectivity index (χ4n) is 2.28. The molecule has 0 radical (unpaired) electrons. The topological polar surface area (TPSA) is 117 Å². The van der Waals surface area contributed by atoms with Gasteiger partial charge in [0.05, 0.1) is 19.8 Å². The molecule has 1 atom stereocenters. The van der Waals surface area contributed by atoms with Gasteiger partial charge in [0.2, 0.25) is 0 Å². The number of nitrogens with one attached hydrogen (secondary N) is 2. The molecule has 0 spiro atoms. The zero-order valence-corrected chi connectivity index (χ0v) is 14.8. The molecule has 8 heteroatoms. The van der Waals surface area contributed by atoms with E-state index in [1.165, 1.54) is 5.48 Å². The monoisotopic (exact) mass is 370 g/mol. The molecule has 0 saturated carbocycles. The van der Waals surface area contributed by atoms with Crippen LogP contribution >= 0.6 is 0 Å². The van der Waals surface area contributed by atoms with Crippen molar-refractivity contribution < 1.29 is 19.5 Å². The Morgan fingerprint density at radius 2 is 1.81 bits per heavy atom. The van der Waals surface area contributed by atoms with E-state index in [0.29, 0.717) is 12.1 Å². The molecule has 8 nitrogen and oxygen atoms in total. The van der Waals surface area contributed by atoms with E-state index in [0.717, 1.165) is 31.9 Å². The lowest BCUT2D eigenvalue weighted by Gasteiger charge is -2.24. The first-order valence-corrected chi connectivity index (χ1v) is 8.48. The van der Waals surface area contributed by atoms with Gasteiger partial charge in [-0.3, -0.25) is 19.7 Å². The molecule has 0 aliphatic carbocycles. The third kappa shape index (κ3) is 7.10. The fraction of sp³-hybridized carbons (Fsp3) is 0.368. The number of amides is 2. The molecule has 5 N–H and O–H groups in total. The third-order valence-electron chi connectivity index (χ3n) is 3.81. The average molecular weight is 370 g/mol. The van der Waals surface area contributed by atoms with Crippen LogP contribution < -0.4 is 16.5 Å². The van der Waals surface area contributed by atoms with Gasteiger partial charge in [-0.15, -0.1) is 0 Å². The summed E-state index contributed by atoms with van der Waals surface area (Å²) in [6.45, 7) is 3.84. The predicted molar refractivity (Wildman–Crippen MR) is 98.4 cm³/mol. The maximum absolute atomic E-state index is 11.7. The van der Waals surface area contributed by atoms with Gasteiger partial charge in [-0.05, 0) is 24.3 Å². The summed E-state index contributed by atoms with van der Waals surface area (Å²) >= 11 is 0. The molecule has 142 valence electrons. The smallest absolute Gasteiger partial charge is 0.296 e. The molecular formula is C19H22N4O4. The SMILES string of the molecule is NC[C@H](NC(=O)C#Cc1ccc(C#CCN2CCOCC2)cc1)C(=O)NO. The first kappa shape index (κ1) is 20.4. The number of carbonyl (C=O) groups is 2. The molecular weight excluding hydrogens is 348 g/mol. The van der Waals surface area contributed by atoms with Crippen molar-refractivity contribution >= 4 is 11.8 Å². The highest BCUT2D eigenvalue weighted by atomic mass is 16.5. The van der Waals surface area contributed by atoms with Crippen LogP contribution in [-0.2, 0) is 14.3 Å². The van der Waals surface area contributed by atoms with Crippen LogP contribution in [0.25, 0.3) is 0 Å². The number of carbonyl (C=O) groups excluding carboxylic acids is 2. The summed E-state index contributed by atoms with van der Waals surface area (Å²) in [4.78, 5) is 25.2. The van der Waals surface area contributed by atoms with Crippen LogP contribution in [-0.4, -0.2) is 67.4 Å². The van der Waals surface area contributed by atoms with E-state index >= 15 is 0 Å². The number of rotatable bonds is 4. The minimum Gasteiger partial charge on any atom is -0.379 e. The number of hydroxylamine groups is 1. The fourth-order valence-corrected chi connectivity index (χ4v) is 2.28. The number of nitrogens with zero attached hydrogens (tertiary/aromatic N) is 1. The van der Waals surface area contributed by atoms with Crippen LogP contribution in [0.5, 0.6) is 0 Å². The zero-order chi connectivity index (χ0) is 19.5. The Kier molecular flexibility index (Phi) is 8.30. The molecule has 1 aromatic carbocycles.